The van der Waals surface area contributed by atoms with Crippen molar-refractivity contribution in [1.29, 1.82) is 0 Å². The molecular weight excluding hydrogens is 283 g/mol. The van der Waals surface area contributed by atoms with E-state index in [0.717, 1.165) is 6.08 Å². The monoisotopic (exact) mass is 292 g/mol. The molecule has 0 radical (unpaired) electrons. The van der Waals surface area contributed by atoms with Crippen LogP contribution >= 0.6 is 0 Å². The lowest BCUT2D eigenvalue weighted by atomic mass is 10.1. The quantitative estimate of drug-likeness (QED) is 0.395. The second kappa shape index (κ2) is 5.85. The van der Waals surface area contributed by atoms with Crippen LogP contribution in [-0.2, 0) is 4.79 Å². The maximum Gasteiger partial charge on any atom is 0.461 e. The molecule has 0 aromatic heterocycles. The number of carbonyl (C=O) groups is 1. The Morgan fingerprint density at radius 2 is 1.60 bits per heavy atom. The Kier molecular flexibility index (Phi) is 4.65. The minimum absolute atomic E-state index is 0.160. The number of rotatable bonds is 4. The van der Waals surface area contributed by atoms with Gasteiger partial charge in [-0.15, -0.1) is 0 Å². The number of halogens is 5. The third kappa shape index (κ3) is 3.91. The lowest BCUT2D eigenvalue weighted by molar-refractivity contribution is -0.266. The number of alkyl halides is 5. The molecule has 1 aromatic rings. The van der Waals surface area contributed by atoms with Crippen LogP contribution in [0.4, 0.5) is 22.0 Å². The van der Waals surface area contributed by atoms with Crippen molar-refractivity contribution in [2.24, 2.45) is 0 Å². The summed E-state index contributed by atoms with van der Waals surface area (Å²) in [4.78, 5) is 10.8. The van der Waals surface area contributed by atoms with Crippen LogP contribution in [0.2, 0.25) is 0 Å². The number of benzene rings is 1. The van der Waals surface area contributed by atoms with E-state index in [-0.39, 0.29) is 6.08 Å². The van der Waals surface area contributed by atoms with Gasteiger partial charge < -0.3 is 5.11 Å². The van der Waals surface area contributed by atoms with E-state index in [1.807, 2.05) is 0 Å². The second-order valence-corrected chi connectivity index (χ2v) is 3.75. The molecule has 0 fully saturated rings. The minimum Gasteiger partial charge on any atom is -0.508 e. The first-order valence-corrected chi connectivity index (χ1v) is 5.27. The lowest BCUT2D eigenvalue weighted by Crippen LogP contribution is -2.43. The van der Waals surface area contributed by atoms with Crippen LogP contribution in [0, 0.1) is 0 Å². The highest BCUT2D eigenvalue weighted by atomic mass is 19.4. The molecule has 0 aliphatic carbocycles. The van der Waals surface area contributed by atoms with Gasteiger partial charge in [0, 0.05) is 6.08 Å². The maximum absolute atomic E-state index is 12.6. The van der Waals surface area contributed by atoms with Crippen molar-refractivity contribution in [2.45, 2.75) is 12.1 Å². The van der Waals surface area contributed by atoms with Crippen LogP contribution in [-0.4, -0.2) is 23.0 Å². The van der Waals surface area contributed by atoms with Gasteiger partial charge in [-0.05, 0) is 11.6 Å². The van der Waals surface area contributed by atoms with Gasteiger partial charge in [0.15, 0.2) is 0 Å². The number of hydrogen-bond acceptors (Lipinski definition) is 2. The number of carbonyl (C=O) groups excluding carboxylic acids is 1. The van der Waals surface area contributed by atoms with Gasteiger partial charge in [0.25, 0.3) is 0 Å². The Balaban J connectivity index is 2.85. The van der Waals surface area contributed by atoms with Gasteiger partial charge in [-0.25, -0.2) is 0 Å². The molecule has 20 heavy (non-hydrogen) atoms. The van der Waals surface area contributed by atoms with E-state index in [2.05, 4.69) is 0 Å². The van der Waals surface area contributed by atoms with Crippen LogP contribution in [0.5, 0.6) is 0 Å². The average Bonchev–Trinajstić information content (AvgIpc) is 2.36. The largest absolute Gasteiger partial charge is 0.508 e. The number of allylic oxidation sites excluding steroid dienone is 2. The number of ketones is 1. The minimum atomic E-state index is -6.00. The smallest absolute Gasteiger partial charge is 0.461 e. The van der Waals surface area contributed by atoms with Crippen molar-refractivity contribution in [3.05, 3.63) is 53.8 Å². The SMILES string of the molecule is O=C(/C=C(O)/C=C/c1ccccc1)C(F)(F)C(F)(F)F. The average molecular weight is 292 g/mol. The molecule has 1 N–H and O–H groups in total. The Morgan fingerprint density at radius 3 is 2.10 bits per heavy atom. The highest BCUT2D eigenvalue weighted by molar-refractivity contribution is 5.97. The highest BCUT2D eigenvalue weighted by Gasteiger charge is 2.62. The third-order valence-corrected chi connectivity index (χ3v) is 2.19. The van der Waals surface area contributed by atoms with Crippen molar-refractivity contribution >= 4 is 11.9 Å². The fourth-order valence-electron chi connectivity index (χ4n) is 1.16. The fraction of sp³-hybridized carbons (Fsp3) is 0.154. The molecule has 0 atom stereocenters. The zero-order valence-electron chi connectivity index (χ0n) is 9.86. The third-order valence-electron chi connectivity index (χ3n) is 2.19. The van der Waals surface area contributed by atoms with Gasteiger partial charge in [-0.2, -0.15) is 22.0 Å². The van der Waals surface area contributed by atoms with E-state index in [1.165, 1.54) is 6.08 Å². The number of aliphatic hydroxyl groups excluding tert-OH is 1. The summed E-state index contributed by atoms with van der Waals surface area (Å²) in [7, 11) is 0. The summed E-state index contributed by atoms with van der Waals surface area (Å²) in [5.74, 6) is -9.05. The standard InChI is InChI=1S/C13H9F5O2/c14-12(15,13(16,17)18)11(20)8-10(19)7-6-9-4-2-1-3-5-9/h1-8,19H/b7-6+,10-8-. The van der Waals surface area contributed by atoms with Crippen LogP contribution < -0.4 is 0 Å². The molecule has 1 rings (SSSR count). The van der Waals surface area contributed by atoms with Crippen molar-refractivity contribution < 1.29 is 31.9 Å². The van der Waals surface area contributed by atoms with Gasteiger partial charge in [0.05, 0.1) is 0 Å². The predicted octanol–water partition coefficient (Wildman–Crippen LogP) is 3.91. The van der Waals surface area contributed by atoms with Crippen LogP contribution in [0.15, 0.2) is 48.2 Å². The first-order valence-electron chi connectivity index (χ1n) is 5.27. The van der Waals surface area contributed by atoms with Crippen LogP contribution in [0.3, 0.4) is 0 Å². The summed E-state index contributed by atoms with van der Waals surface area (Å²) in [6.07, 6.45) is -4.05. The van der Waals surface area contributed by atoms with Crippen molar-refractivity contribution in [3.63, 3.8) is 0 Å². The first kappa shape index (κ1) is 15.9. The Morgan fingerprint density at radius 1 is 1.05 bits per heavy atom. The zero-order valence-corrected chi connectivity index (χ0v) is 9.86. The molecule has 0 aliphatic heterocycles. The van der Waals surface area contributed by atoms with Gasteiger partial charge in [-0.3, -0.25) is 4.79 Å². The molecule has 0 unspecified atom stereocenters. The van der Waals surface area contributed by atoms with E-state index in [4.69, 9.17) is 5.11 Å². The molecule has 0 amide bonds. The molecule has 0 spiro atoms. The molecule has 7 heteroatoms. The number of aliphatic hydroxyl groups is 1. The Hall–Kier alpha value is -2.18. The molecule has 1 aromatic carbocycles. The zero-order chi connectivity index (χ0) is 15.4. The normalized spacial score (nSPS) is 13.8. The summed E-state index contributed by atoms with van der Waals surface area (Å²) in [5, 5.41) is 9.16. The Bertz CT molecular complexity index is 529. The summed E-state index contributed by atoms with van der Waals surface area (Å²) < 4.78 is 60.8. The van der Waals surface area contributed by atoms with E-state index < -0.39 is 23.6 Å². The topological polar surface area (TPSA) is 37.3 Å². The van der Waals surface area contributed by atoms with Gasteiger partial charge >= 0.3 is 12.1 Å². The Labute approximate surface area is 110 Å². The van der Waals surface area contributed by atoms with E-state index in [1.54, 1.807) is 30.3 Å². The molecule has 0 saturated heterocycles. The van der Waals surface area contributed by atoms with Gasteiger partial charge in [-0.1, -0.05) is 36.4 Å². The van der Waals surface area contributed by atoms with E-state index in [9.17, 15) is 26.7 Å². The van der Waals surface area contributed by atoms with E-state index >= 15 is 0 Å². The molecule has 0 bridgehead atoms. The molecule has 108 valence electrons. The summed E-state index contributed by atoms with van der Waals surface area (Å²) >= 11 is 0. The highest BCUT2D eigenvalue weighted by Crippen LogP contribution is 2.36. The van der Waals surface area contributed by atoms with Gasteiger partial charge in [0.2, 0.25) is 5.78 Å². The molecule has 0 aliphatic rings. The lowest BCUT2D eigenvalue weighted by Gasteiger charge is -2.16. The second-order valence-electron chi connectivity index (χ2n) is 3.75. The maximum atomic E-state index is 12.6. The molecule has 0 saturated carbocycles. The van der Waals surface area contributed by atoms with Crippen molar-refractivity contribution in [2.75, 3.05) is 0 Å². The van der Waals surface area contributed by atoms with Gasteiger partial charge in [0.1, 0.15) is 5.76 Å². The summed E-state index contributed by atoms with van der Waals surface area (Å²) in [6.45, 7) is 0. The number of hydrogen-bond donors (Lipinski definition) is 1. The molecule has 2 nitrogen and oxygen atoms in total. The first-order chi connectivity index (χ1) is 9.14. The molecular formula is C13H9F5O2. The fourth-order valence-corrected chi connectivity index (χ4v) is 1.16. The summed E-state index contributed by atoms with van der Waals surface area (Å²) in [5.41, 5.74) is 0.572. The van der Waals surface area contributed by atoms with Crippen LogP contribution in [0.25, 0.3) is 6.08 Å². The predicted molar refractivity (Wildman–Crippen MR) is 62.2 cm³/mol. The molecule has 0 heterocycles. The van der Waals surface area contributed by atoms with Crippen molar-refractivity contribution in [3.8, 4) is 0 Å². The van der Waals surface area contributed by atoms with Crippen molar-refractivity contribution in [1.82, 2.24) is 0 Å². The summed E-state index contributed by atoms with van der Waals surface area (Å²) in [6, 6.07) is 8.24. The van der Waals surface area contributed by atoms with E-state index in [0.29, 0.717) is 5.56 Å². The van der Waals surface area contributed by atoms with Crippen LogP contribution in [0.1, 0.15) is 5.56 Å².